The number of nitrogens with one attached hydrogen (secondary N) is 2. The van der Waals surface area contributed by atoms with E-state index in [1.54, 1.807) is 18.2 Å². The molecule has 1 fully saturated rings. The fourth-order valence-electron chi connectivity index (χ4n) is 3.88. The summed E-state index contributed by atoms with van der Waals surface area (Å²) in [7, 11) is 0. The summed E-state index contributed by atoms with van der Waals surface area (Å²) >= 11 is 0. The summed E-state index contributed by atoms with van der Waals surface area (Å²) in [5.41, 5.74) is 9.88. The van der Waals surface area contributed by atoms with Crippen LogP contribution >= 0.6 is 0 Å². The molecule has 0 radical (unpaired) electrons. The number of carbonyl (C=O) groups excluding carboxylic acids is 4. The molecule has 200 valence electrons. The van der Waals surface area contributed by atoms with E-state index in [4.69, 9.17) is 19.7 Å². The van der Waals surface area contributed by atoms with Crippen molar-refractivity contribution in [3.05, 3.63) is 39.8 Å². The lowest BCUT2D eigenvalue weighted by Gasteiger charge is -2.29. The van der Waals surface area contributed by atoms with E-state index in [-0.39, 0.29) is 69.9 Å². The molecule has 1 aromatic rings. The van der Waals surface area contributed by atoms with Gasteiger partial charge in [0.2, 0.25) is 17.7 Å². The number of benzene rings is 1. The van der Waals surface area contributed by atoms with Gasteiger partial charge in [-0.05, 0) is 35.7 Å². The number of aliphatic hydroxyl groups is 1. The SMILES string of the molecule is [N-]=[N+]=NCC(O)COCCOCCOCCC(=O)Nc1ccc2c(c1)CN(C1CCC(=O)NC1=O)C2=O. The van der Waals surface area contributed by atoms with Gasteiger partial charge in [0, 0.05) is 29.1 Å². The zero-order chi connectivity index (χ0) is 26.6. The molecule has 0 spiro atoms. The molecular weight excluding hydrogens is 488 g/mol. The molecule has 0 saturated carbocycles. The maximum absolute atomic E-state index is 12.7. The molecule has 37 heavy (non-hydrogen) atoms. The number of piperidine rings is 1. The molecule has 2 atom stereocenters. The van der Waals surface area contributed by atoms with E-state index in [0.29, 0.717) is 36.6 Å². The Morgan fingerprint density at radius 1 is 1.19 bits per heavy atom. The Hall–Kier alpha value is -3.55. The number of anilines is 1. The summed E-state index contributed by atoms with van der Waals surface area (Å²) < 4.78 is 15.9. The van der Waals surface area contributed by atoms with Crippen molar-refractivity contribution in [2.45, 2.75) is 38.0 Å². The number of imide groups is 1. The minimum atomic E-state index is -0.850. The normalized spacial score (nSPS) is 17.7. The topological polar surface area (TPSA) is 192 Å². The van der Waals surface area contributed by atoms with Crippen molar-refractivity contribution < 1.29 is 38.5 Å². The highest BCUT2D eigenvalue weighted by atomic mass is 16.5. The van der Waals surface area contributed by atoms with E-state index >= 15 is 0 Å². The lowest BCUT2D eigenvalue weighted by atomic mass is 10.0. The first kappa shape index (κ1) is 28.0. The molecule has 3 rings (SSSR count). The molecule has 3 N–H and O–H groups in total. The molecule has 2 aliphatic rings. The number of hydrogen-bond donors (Lipinski definition) is 3. The maximum Gasteiger partial charge on any atom is 0.255 e. The number of fused-ring (bicyclic) bond motifs is 1. The molecule has 1 aromatic carbocycles. The van der Waals surface area contributed by atoms with Gasteiger partial charge < -0.3 is 29.5 Å². The van der Waals surface area contributed by atoms with Gasteiger partial charge in [0.05, 0.1) is 58.7 Å². The smallest absolute Gasteiger partial charge is 0.255 e. The molecule has 0 aliphatic carbocycles. The van der Waals surface area contributed by atoms with Gasteiger partial charge in [0.15, 0.2) is 0 Å². The molecule has 0 bridgehead atoms. The van der Waals surface area contributed by atoms with Gasteiger partial charge in [-0.25, -0.2) is 0 Å². The third kappa shape index (κ3) is 8.51. The highest BCUT2D eigenvalue weighted by Gasteiger charge is 2.39. The van der Waals surface area contributed by atoms with Crippen molar-refractivity contribution in [1.82, 2.24) is 10.2 Å². The molecule has 2 unspecified atom stereocenters. The molecule has 14 nitrogen and oxygen atoms in total. The monoisotopic (exact) mass is 518 g/mol. The summed E-state index contributed by atoms with van der Waals surface area (Å²) in [6.07, 6.45) is -0.244. The van der Waals surface area contributed by atoms with Crippen LogP contribution in [0.25, 0.3) is 10.4 Å². The van der Waals surface area contributed by atoms with Gasteiger partial charge >= 0.3 is 0 Å². The molecule has 2 heterocycles. The minimum absolute atomic E-state index is 0.0475. The maximum atomic E-state index is 12.7. The van der Waals surface area contributed by atoms with Crippen LogP contribution in [0.4, 0.5) is 5.69 Å². The molecule has 0 aromatic heterocycles. The molecular formula is C23H30N6O8. The van der Waals surface area contributed by atoms with E-state index in [1.165, 1.54) is 4.90 Å². The van der Waals surface area contributed by atoms with Crippen LogP contribution in [0.3, 0.4) is 0 Å². The third-order valence-corrected chi connectivity index (χ3v) is 5.69. The molecule has 1 saturated heterocycles. The van der Waals surface area contributed by atoms with Crippen LogP contribution in [0.1, 0.15) is 35.2 Å². The summed E-state index contributed by atoms with van der Waals surface area (Å²) in [6, 6.07) is 4.28. The van der Waals surface area contributed by atoms with Crippen LogP contribution in [0.15, 0.2) is 23.3 Å². The number of aliphatic hydroxyl groups excluding tert-OH is 1. The van der Waals surface area contributed by atoms with Crippen molar-refractivity contribution in [2.75, 3.05) is 51.5 Å². The fraction of sp³-hybridized carbons (Fsp3) is 0.565. The second-order valence-electron chi connectivity index (χ2n) is 8.44. The average Bonchev–Trinajstić information content (AvgIpc) is 3.19. The van der Waals surface area contributed by atoms with Crippen molar-refractivity contribution in [3.8, 4) is 0 Å². The Balaban J connectivity index is 1.29. The van der Waals surface area contributed by atoms with Crippen molar-refractivity contribution in [1.29, 1.82) is 0 Å². The van der Waals surface area contributed by atoms with Crippen LogP contribution in [0.5, 0.6) is 0 Å². The van der Waals surface area contributed by atoms with E-state index in [1.807, 2.05) is 0 Å². The van der Waals surface area contributed by atoms with E-state index in [2.05, 4.69) is 20.7 Å². The van der Waals surface area contributed by atoms with E-state index in [9.17, 15) is 24.3 Å². The van der Waals surface area contributed by atoms with Gasteiger partial charge in [0.1, 0.15) is 6.04 Å². The predicted molar refractivity (Wildman–Crippen MR) is 128 cm³/mol. The van der Waals surface area contributed by atoms with Gasteiger partial charge in [-0.3, -0.25) is 24.5 Å². The number of azide groups is 1. The lowest BCUT2D eigenvalue weighted by molar-refractivity contribution is -0.137. The third-order valence-electron chi connectivity index (χ3n) is 5.69. The van der Waals surface area contributed by atoms with Crippen molar-refractivity contribution >= 4 is 29.3 Å². The number of rotatable bonds is 15. The van der Waals surface area contributed by atoms with Gasteiger partial charge in [0.25, 0.3) is 5.91 Å². The summed E-state index contributed by atoms with van der Waals surface area (Å²) in [4.78, 5) is 52.5. The van der Waals surface area contributed by atoms with E-state index in [0.717, 1.165) is 0 Å². The van der Waals surface area contributed by atoms with Crippen LogP contribution in [0, 0.1) is 0 Å². The number of carbonyl (C=O) groups is 4. The zero-order valence-electron chi connectivity index (χ0n) is 20.3. The van der Waals surface area contributed by atoms with Crippen molar-refractivity contribution in [3.63, 3.8) is 0 Å². The minimum Gasteiger partial charge on any atom is -0.391 e. The Bertz CT molecular complexity index is 1040. The Morgan fingerprint density at radius 3 is 2.65 bits per heavy atom. The zero-order valence-corrected chi connectivity index (χ0v) is 20.3. The number of nitrogens with zero attached hydrogens (tertiary/aromatic N) is 4. The first-order valence-corrected chi connectivity index (χ1v) is 11.9. The van der Waals surface area contributed by atoms with Crippen LogP contribution in [-0.4, -0.2) is 92.0 Å². The fourth-order valence-corrected chi connectivity index (χ4v) is 3.88. The second-order valence-corrected chi connectivity index (χ2v) is 8.44. The van der Waals surface area contributed by atoms with Gasteiger partial charge in [-0.15, -0.1) is 0 Å². The Kier molecular flexibility index (Phi) is 10.8. The first-order valence-electron chi connectivity index (χ1n) is 11.9. The molecule has 14 heteroatoms. The van der Waals surface area contributed by atoms with Crippen molar-refractivity contribution in [2.24, 2.45) is 5.11 Å². The Morgan fingerprint density at radius 2 is 1.92 bits per heavy atom. The summed E-state index contributed by atoms with van der Waals surface area (Å²) in [5.74, 6) is -1.33. The molecule has 2 aliphatic heterocycles. The lowest BCUT2D eigenvalue weighted by Crippen LogP contribution is -2.52. The summed E-state index contributed by atoms with van der Waals surface area (Å²) in [5, 5.41) is 17.7. The predicted octanol–water partition coefficient (Wildman–Crippen LogP) is 0.497. The highest BCUT2D eigenvalue weighted by molar-refractivity contribution is 6.05. The number of hydrogen-bond acceptors (Lipinski definition) is 9. The molecule has 4 amide bonds. The summed E-state index contributed by atoms with van der Waals surface area (Å²) in [6.45, 7) is 1.62. The van der Waals surface area contributed by atoms with Gasteiger partial charge in [-0.1, -0.05) is 5.11 Å². The largest absolute Gasteiger partial charge is 0.391 e. The van der Waals surface area contributed by atoms with Crippen LogP contribution < -0.4 is 10.6 Å². The second kappa shape index (κ2) is 14.3. The van der Waals surface area contributed by atoms with Gasteiger partial charge in [-0.2, -0.15) is 0 Å². The van der Waals surface area contributed by atoms with E-state index < -0.39 is 18.1 Å². The number of amides is 4. The van der Waals surface area contributed by atoms with Crippen LogP contribution in [-0.2, 0) is 35.1 Å². The Labute approximate surface area is 212 Å². The standard InChI is InChI=1S/C23H30N6O8/c24-28-25-12-17(30)14-37-10-9-36-8-7-35-6-5-21(32)26-16-1-2-18-15(11-16)13-29(23(18)34)19-3-4-20(31)27-22(19)33/h1-2,11,17,19,30H,3-10,12-14H2,(H,26,32)(H,27,31,33). The number of ether oxygens (including phenoxy) is 3. The quantitative estimate of drug-likeness (QED) is 0.0982. The highest BCUT2D eigenvalue weighted by Crippen LogP contribution is 2.29. The first-order chi connectivity index (χ1) is 17.9. The average molecular weight is 519 g/mol. The van der Waals surface area contributed by atoms with Crippen LogP contribution in [0.2, 0.25) is 0 Å².